The Kier molecular flexibility index (Phi) is 10.3. The number of hydrogen-bond donors (Lipinski definition) is 0. The summed E-state index contributed by atoms with van der Waals surface area (Å²) < 4.78 is 16.2. The van der Waals surface area contributed by atoms with Crippen LogP contribution in [-0.2, 0) is 14.2 Å². The van der Waals surface area contributed by atoms with Crippen LogP contribution in [0.4, 0.5) is 0 Å². The maximum absolute atomic E-state index is 5.42. The molecule has 0 unspecified atom stereocenters. The quantitative estimate of drug-likeness (QED) is 0.528. The van der Waals surface area contributed by atoms with Gasteiger partial charge < -0.3 is 14.2 Å². The van der Waals surface area contributed by atoms with Gasteiger partial charge in [0.2, 0.25) is 0 Å². The molecule has 92 valence electrons. The molecule has 0 radical (unpaired) electrons. The molecule has 0 bridgehead atoms. The molecule has 0 rings (SSSR count). The van der Waals surface area contributed by atoms with E-state index in [1.54, 1.807) is 0 Å². The van der Waals surface area contributed by atoms with Crippen LogP contribution in [0.3, 0.4) is 0 Å². The Morgan fingerprint density at radius 2 is 1.20 bits per heavy atom. The van der Waals surface area contributed by atoms with Crippen LogP contribution in [0.25, 0.3) is 0 Å². The van der Waals surface area contributed by atoms with Gasteiger partial charge in [-0.3, -0.25) is 0 Å². The van der Waals surface area contributed by atoms with Gasteiger partial charge >= 0.3 is 0 Å². The third kappa shape index (κ3) is 13.9. The molecule has 0 aliphatic heterocycles. The van der Waals surface area contributed by atoms with Crippen molar-refractivity contribution in [2.75, 3.05) is 26.4 Å². The lowest BCUT2D eigenvalue weighted by molar-refractivity contribution is 0.0157. The second-order valence-electron chi connectivity index (χ2n) is 4.16. The second-order valence-corrected chi connectivity index (χ2v) is 4.16. The summed E-state index contributed by atoms with van der Waals surface area (Å²) in [6.07, 6.45) is 2.77. The third-order valence-corrected chi connectivity index (χ3v) is 1.81. The van der Waals surface area contributed by atoms with Crippen molar-refractivity contribution in [3.8, 4) is 0 Å². The van der Waals surface area contributed by atoms with Gasteiger partial charge in [-0.05, 0) is 40.5 Å². The van der Waals surface area contributed by atoms with Crippen LogP contribution in [-0.4, -0.2) is 38.6 Å². The molecule has 0 aliphatic carbocycles. The van der Waals surface area contributed by atoms with Crippen molar-refractivity contribution in [1.29, 1.82) is 0 Å². The predicted molar refractivity (Wildman–Crippen MR) is 62.2 cm³/mol. The smallest absolute Gasteiger partial charge is 0.0703 e. The van der Waals surface area contributed by atoms with Gasteiger partial charge in [0.05, 0.1) is 25.4 Å². The van der Waals surface area contributed by atoms with E-state index >= 15 is 0 Å². The van der Waals surface area contributed by atoms with Gasteiger partial charge in [0.1, 0.15) is 0 Å². The lowest BCUT2D eigenvalue weighted by atomic mass is 10.3. The zero-order valence-electron chi connectivity index (χ0n) is 10.6. The average molecular weight is 218 g/mol. The average Bonchev–Trinajstić information content (AvgIpc) is 2.14. The van der Waals surface area contributed by atoms with E-state index in [1.165, 1.54) is 0 Å². The number of unbranched alkanes of at least 4 members (excludes halogenated alkanes) is 1. The first-order valence-electron chi connectivity index (χ1n) is 5.94. The normalized spacial score (nSPS) is 11.6. The fourth-order valence-corrected chi connectivity index (χ4v) is 1.07. The van der Waals surface area contributed by atoms with E-state index in [0.717, 1.165) is 26.1 Å². The zero-order chi connectivity index (χ0) is 11.5. The van der Waals surface area contributed by atoms with Crippen molar-refractivity contribution < 1.29 is 14.2 Å². The minimum absolute atomic E-state index is 0.299. The van der Waals surface area contributed by atoms with Gasteiger partial charge in [-0.25, -0.2) is 0 Å². The predicted octanol–water partition coefficient (Wildman–Crippen LogP) is 2.63. The molecule has 0 saturated carbocycles. The van der Waals surface area contributed by atoms with E-state index in [1.807, 2.05) is 13.8 Å². The highest BCUT2D eigenvalue weighted by Crippen LogP contribution is 1.95. The van der Waals surface area contributed by atoms with E-state index in [9.17, 15) is 0 Å². The zero-order valence-corrected chi connectivity index (χ0v) is 10.6. The van der Waals surface area contributed by atoms with Gasteiger partial charge in [-0.15, -0.1) is 0 Å². The Balaban J connectivity index is 2.93. The summed E-state index contributed by atoms with van der Waals surface area (Å²) in [6.45, 7) is 11.2. The summed E-state index contributed by atoms with van der Waals surface area (Å²) in [5.41, 5.74) is 0. The first-order chi connectivity index (χ1) is 7.13. The van der Waals surface area contributed by atoms with Crippen molar-refractivity contribution in [2.45, 2.75) is 52.7 Å². The highest BCUT2D eigenvalue weighted by atomic mass is 16.5. The van der Waals surface area contributed by atoms with Crippen molar-refractivity contribution >= 4 is 0 Å². The summed E-state index contributed by atoms with van der Waals surface area (Å²) in [4.78, 5) is 0. The van der Waals surface area contributed by atoms with Gasteiger partial charge in [0, 0.05) is 13.2 Å². The molecule has 0 aromatic heterocycles. The molecule has 0 aromatic carbocycles. The first-order valence-corrected chi connectivity index (χ1v) is 5.94. The van der Waals surface area contributed by atoms with Crippen molar-refractivity contribution in [1.82, 2.24) is 0 Å². The third-order valence-electron chi connectivity index (χ3n) is 1.81. The van der Waals surface area contributed by atoms with Crippen LogP contribution in [0.1, 0.15) is 40.5 Å². The minimum atomic E-state index is 0.299. The number of ether oxygens (including phenoxy) is 3. The Morgan fingerprint density at radius 1 is 0.667 bits per heavy atom. The summed E-state index contributed by atoms with van der Waals surface area (Å²) in [5.74, 6) is 0. The fourth-order valence-electron chi connectivity index (χ4n) is 1.07. The van der Waals surface area contributed by atoms with E-state index in [0.29, 0.717) is 25.4 Å². The lowest BCUT2D eigenvalue weighted by Gasteiger charge is -2.09. The molecule has 0 aliphatic rings. The molecular formula is C12H26O3. The maximum atomic E-state index is 5.42. The molecule has 0 fully saturated rings. The van der Waals surface area contributed by atoms with Crippen LogP contribution in [0.2, 0.25) is 0 Å². The van der Waals surface area contributed by atoms with Crippen molar-refractivity contribution in [3.05, 3.63) is 0 Å². The molecule has 0 saturated heterocycles. The van der Waals surface area contributed by atoms with Gasteiger partial charge in [0.15, 0.2) is 0 Å². The van der Waals surface area contributed by atoms with E-state index < -0.39 is 0 Å². The Labute approximate surface area is 94.1 Å². The van der Waals surface area contributed by atoms with Crippen molar-refractivity contribution in [2.24, 2.45) is 0 Å². The Hall–Kier alpha value is -0.120. The van der Waals surface area contributed by atoms with Gasteiger partial charge in [-0.2, -0.15) is 0 Å². The Morgan fingerprint density at radius 3 is 1.80 bits per heavy atom. The lowest BCUT2D eigenvalue weighted by Crippen LogP contribution is -2.10. The van der Waals surface area contributed by atoms with Crippen LogP contribution in [0.15, 0.2) is 0 Å². The summed E-state index contributed by atoms with van der Waals surface area (Å²) in [6, 6.07) is 0. The minimum Gasteiger partial charge on any atom is -0.379 e. The second kappa shape index (κ2) is 10.4. The standard InChI is InChI=1S/C12H26O3/c1-11(2)14-8-6-5-7-13-9-10-15-12(3)4/h11-12H,5-10H2,1-4H3. The van der Waals surface area contributed by atoms with Crippen LogP contribution >= 0.6 is 0 Å². The largest absolute Gasteiger partial charge is 0.379 e. The first kappa shape index (κ1) is 14.9. The molecule has 3 nitrogen and oxygen atoms in total. The van der Waals surface area contributed by atoms with Crippen LogP contribution < -0.4 is 0 Å². The Bertz CT molecular complexity index is 110. The van der Waals surface area contributed by atoms with Gasteiger partial charge in [-0.1, -0.05) is 0 Å². The molecule has 0 atom stereocenters. The van der Waals surface area contributed by atoms with E-state index in [4.69, 9.17) is 14.2 Å². The highest BCUT2D eigenvalue weighted by molar-refractivity contribution is 4.42. The monoisotopic (exact) mass is 218 g/mol. The molecule has 3 heteroatoms. The molecule has 0 spiro atoms. The van der Waals surface area contributed by atoms with Gasteiger partial charge in [0.25, 0.3) is 0 Å². The number of hydrogen-bond acceptors (Lipinski definition) is 3. The maximum Gasteiger partial charge on any atom is 0.0703 e. The number of rotatable bonds is 10. The SMILES string of the molecule is CC(C)OCCCCOCCOC(C)C. The molecule has 0 N–H and O–H groups in total. The van der Waals surface area contributed by atoms with Crippen LogP contribution in [0, 0.1) is 0 Å². The molecule has 0 heterocycles. The molecular weight excluding hydrogens is 192 g/mol. The highest BCUT2D eigenvalue weighted by Gasteiger charge is 1.95. The van der Waals surface area contributed by atoms with Crippen LogP contribution in [0.5, 0.6) is 0 Å². The summed E-state index contributed by atoms with van der Waals surface area (Å²) >= 11 is 0. The fraction of sp³-hybridized carbons (Fsp3) is 1.00. The molecule has 15 heavy (non-hydrogen) atoms. The van der Waals surface area contributed by atoms with E-state index in [-0.39, 0.29) is 0 Å². The topological polar surface area (TPSA) is 27.7 Å². The van der Waals surface area contributed by atoms with Crippen molar-refractivity contribution in [3.63, 3.8) is 0 Å². The summed E-state index contributed by atoms with van der Waals surface area (Å²) in [5, 5.41) is 0. The summed E-state index contributed by atoms with van der Waals surface area (Å²) in [7, 11) is 0. The molecule has 0 aromatic rings. The molecule has 0 amide bonds. The van der Waals surface area contributed by atoms with E-state index in [2.05, 4.69) is 13.8 Å².